The molecule has 15 heavy (non-hydrogen) atoms. The Morgan fingerprint density at radius 2 is 2.40 bits per heavy atom. The molecule has 2 aromatic rings. The fourth-order valence-electron chi connectivity index (χ4n) is 1.21. The van der Waals surface area contributed by atoms with Gasteiger partial charge in [0.1, 0.15) is 12.9 Å². The first-order chi connectivity index (χ1) is 7.31. The number of aliphatic hydroxyl groups is 1. The third kappa shape index (κ3) is 2.08. The highest BCUT2D eigenvalue weighted by atomic mass is 32.1. The number of nitrogens with zero attached hydrogens (tertiary/aromatic N) is 4. The predicted octanol–water partition coefficient (Wildman–Crippen LogP) is 0.271. The molecule has 0 spiro atoms. The molecule has 6 nitrogen and oxygen atoms in total. The molecule has 0 aliphatic heterocycles. The van der Waals surface area contributed by atoms with Crippen LogP contribution in [0.1, 0.15) is 11.5 Å². The van der Waals surface area contributed by atoms with E-state index < -0.39 is 0 Å². The minimum absolute atomic E-state index is 0.155. The Hall–Kier alpha value is -1.60. The summed E-state index contributed by atoms with van der Waals surface area (Å²) in [5.41, 5.74) is 0.817. The molecule has 7 heteroatoms. The van der Waals surface area contributed by atoms with E-state index in [9.17, 15) is 0 Å². The molecule has 0 amide bonds. The predicted molar refractivity (Wildman–Crippen MR) is 54.5 cm³/mol. The maximum absolute atomic E-state index is 9.03. The summed E-state index contributed by atoms with van der Waals surface area (Å²) in [5, 5.41) is 15.5. The summed E-state index contributed by atoms with van der Waals surface area (Å²) in [4.78, 5) is 7.89. The Kier molecular flexibility index (Phi) is 2.84. The van der Waals surface area contributed by atoms with Crippen LogP contribution in [0.3, 0.4) is 0 Å². The highest BCUT2D eigenvalue weighted by Crippen LogP contribution is 2.02. The van der Waals surface area contributed by atoms with E-state index in [1.165, 1.54) is 6.33 Å². The first-order valence-electron chi connectivity index (χ1n) is 4.31. The molecule has 2 heterocycles. The van der Waals surface area contributed by atoms with Crippen molar-refractivity contribution in [1.29, 1.82) is 0 Å². The second-order valence-corrected chi connectivity index (χ2v) is 3.28. The normalized spacial score (nSPS) is 10.5. The second kappa shape index (κ2) is 4.28. The zero-order valence-corrected chi connectivity index (χ0v) is 8.61. The van der Waals surface area contributed by atoms with Crippen LogP contribution in [0.15, 0.2) is 18.6 Å². The van der Waals surface area contributed by atoms with Crippen LogP contribution in [0.4, 0.5) is 0 Å². The minimum Gasteiger partial charge on any atom is -0.388 e. The highest BCUT2D eigenvalue weighted by Gasteiger charge is 2.05. The Balaban J connectivity index is 2.32. The lowest BCUT2D eigenvalue weighted by Crippen LogP contribution is -2.06. The van der Waals surface area contributed by atoms with Gasteiger partial charge in [0.25, 0.3) is 0 Å². The van der Waals surface area contributed by atoms with Crippen LogP contribution in [0, 0.1) is 4.77 Å². The summed E-state index contributed by atoms with van der Waals surface area (Å²) in [6.07, 6.45) is 3.13. The number of aromatic amines is 1. The van der Waals surface area contributed by atoms with Crippen LogP contribution < -0.4 is 0 Å². The molecule has 0 aliphatic rings. The number of hydrogen-bond donors (Lipinski definition) is 2. The van der Waals surface area contributed by atoms with Crippen molar-refractivity contribution in [2.75, 3.05) is 0 Å². The molecule has 78 valence electrons. The number of aromatic nitrogens is 5. The number of rotatable bonds is 3. The maximum Gasteiger partial charge on any atom is 0.195 e. The zero-order chi connectivity index (χ0) is 10.7. The molecule has 0 atom stereocenters. The van der Waals surface area contributed by atoms with Crippen LogP contribution >= 0.6 is 12.2 Å². The Labute approximate surface area is 90.6 Å². The maximum atomic E-state index is 9.03. The largest absolute Gasteiger partial charge is 0.388 e. The van der Waals surface area contributed by atoms with Gasteiger partial charge in [-0.1, -0.05) is 0 Å². The van der Waals surface area contributed by atoms with Gasteiger partial charge in [0.05, 0.1) is 12.2 Å². The van der Waals surface area contributed by atoms with Crippen molar-refractivity contribution < 1.29 is 5.11 Å². The number of aliphatic hydroxyl groups excluding tert-OH is 1. The molecular formula is C8H9N5OS. The molecule has 0 bridgehead atoms. The molecular weight excluding hydrogens is 214 g/mol. The van der Waals surface area contributed by atoms with E-state index in [1.54, 1.807) is 16.8 Å². The monoisotopic (exact) mass is 223 g/mol. The van der Waals surface area contributed by atoms with Gasteiger partial charge in [-0.3, -0.25) is 9.67 Å². The lowest BCUT2D eigenvalue weighted by molar-refractivity contribution is 0.265. The average Bonchev–Trinajstić information content (AvgIpc) is 2.62. The summed E-state index contributed by atoms with van der Waals surface area (Å²) in [5.74, 6) is 0.499. The summed E-state index contributed by atoms with van der Waals surface area (Å²) in [6.45, 7) is 0.325. The van der Waals surface area contributed by atoms with E-state index in [2.05, 4.69) is 20.2 Å². The van der Waals surface area contributed by atoms with Crippen LogP contribution in [0.25, 0.3) is 0 Å². The molecule has 0 aliphatic carbocycles. The van der Waals surface area contributed by atoms with Gasteiger partial charge >= 0.3 is 0 Å². The van der Waals surface area contributed by atoms with Crippen molar-refractivity contribution in [3.63, 3.8) is 0 Å². The molecule has 0 fully saturated rings. The molecule has 0 unspecified atom stereocenters. The average molecular weight is 223 g/mol. The number of nitrogens with one attached hydrogen (secondary N) is 1. The van der Waals surface area contributed by atoms with E-state index >= 15 is 0 Å². The summed E-state index contributed by atoms with van der Waals surface area (Å²) < 4.78 is 2.16. The van der Waals surface area contributed by atoms with Gasteiger partial charge in [0.15, 0.2) is 10.6 Å². The van der Waals surface area contributed by atoms with Gasteiger partial charge in [-0.05, 0) is 18.3 Å². The fourth-order valence-corrected chi connectivity index (χ4v) is 1.42. The third-order valence-corrected chi connectivity index (χ3v) is 2.25. The standard InChI is InChI=1S/C8H9N5OS/c14-4-7-11-12-8(15)13(7)3-6-1-2-9-5-10-6/h1-2,5,14H,3-4H2,(H,12,15). The topological polar surface area (TPSA) is 79.6 Å². The van der Waals surface area contributed by atoms with Gasteiger partial charge in [0, 0.05) is 6.20 Å². The second-order valence-electron chi connectivity index (χ2n) is 2.89. The van der Waals surface area contributed by atoms with Gasteiger partial charge in [-0.2, -0.15) is 5.10 Å². The van der Waals surface area contributed by atoms with E-state index in [0.717, 1.165) is 5.69 Å². The molecule has 2 aromatic heterocycles. The third-order valence-electron chi connectivity index (χ3n) is 1.94. The van der Waals surface area contributed by atoms with Crippen molar-refractivity contribution >= 4 is 12.2 Å². The molecule has 0 saturated carbocycles. The van der Waals surface area contributed by atoms with Crippen molar-refractivity contribution in [3.05, 3.63) is 34.9 Å². The first kappa shape index (κ1) is 9.94. The van der Waals surface area contributed by atoms with Crippen LogP contribution in [-0.2, 0) is 13.2 Å². The highest BCUT2D eigenvalue weighted by molar-refractivity contribution is 7.71. The van der Waals surface area contributed by atoms with E-state index in [0.29, 0.717) is 17.1 Å². The fraction of sp³-hybridized carbons (Fsp3) is 0.250. The van der Waals surface area contributed by atoms with Crippen LogP contribution in [0.2, 0.25) is 0 Å². The summed E-state index contributed by atoms with van der Waals surface area (Å²) in [6, 6.07) is 1.79. The van der Waals surface area contributed by atoms with Crippen molar-refractivity contribution in [1.82, 2.24) is 24.7 Å². The Bertz CT molecular complexity index is 491. The first-order valence-corrected chi connectivity index (χ1v) is 4.72. The van der Waals surface area contributed by atoms with Crippen molar-refractivity contribution in [2.45, 2.75) is 13.2 Å². The quantitative estimate of drug-likeness (QED) is 0.730. The lowest BCUT2D eigenvalue weighted by Gasteiger charge is -2.03. The Morgan fingerprint density at radius 1 is 1.53 bits per heavy atom. The van der Waals surface area contributed by atoms with Crippen molar-refractivity contribution in [2.24, 2.45) is 0 Å². The summed E-state index contributed by atoms with van der Waals surface area (Å²) >= 11 is 5.03. The van der Waals surface area contributed by atoms with Gasteiger partial charge in [-0.25, -0.2) is 9.97 Å². The van der Waals surface area contributed by atoms with Gasteiger partial charge < -0.3 is 5.11 Å². The minimum atomic E-state index is -0.155. The molecule has 0 aromatic carbocycles. The van der Waals surface area contributed by atoms with E-state index in [-0.39, 0.29) is 6.61 Å². The van der Waals surface area contributed by atoms with E-state index in [4.69, 9.17) is 17.3 Å². The van der Waals surface area contributed by atoms with Gasteiger partial charge in [-0.15, -0.1) is 0 Å². The molecule has 2 N–H and O–H groups in total. The van der Waals surface area contributed by atoms with Crippen molar-refractivity contribution in [3.8, 4) is 0 Å². The molecule has 2 rings (SSSR count). The lowest BCUT2D eigenvalue weighted by atomic mass is 10.4. The number of hydrogen-bond acceptors (Lipinski definition) is 5. The zero-order valence-electron chi connectivity index (χ0n) is 7.79. The Morgan fingerprint density at radius 3 is 3.07 bits per heavy atom. The van der Waals surface area contributed by atoms with E-state index in [1.807, 2.05) is 0 Å². The smallest absolute Gasteiger partial charge is 0.195 e. The SMILES string of the molecule is OCc1n[nH]c(=S)n1Cc1ccncn1. The molecule has 0 saturated heterocycles. The summed E-state index contributed by atoms with van der Waals surface area (Å²) in [7, 11) is 0. The van der Waals surface area contributed by atoms with Crippen LogP contribution in [-0.4, -0.2) is 29.8 Å². The van der Waals surface area contributed by atoms with Gasteiger partial charge in [0.2, 0.25) is 0 Å². The number of H-pyrrole nitrogens is 1. The van der Waals surface area contributed by atoms with Crippen LogP contribution in [0.5, 0.6) is 0 Å². The molecule has 0 radical (unpaired) electrons.